The predicted octanol–water partition coefficient (Wildman–Crippen LogP) is 4.97. The molecule has 126 valence electrons. The van der Waals surface area contributed by atoms with Crippen LogP contribution in [0.1, 0.15) is 27.0 Å². The van der Waals surface area contributed by atoms with E-state index in [9.17, 15) is 4.79 Å². The second-order valence-corrected chi connectivity index (χ2v) is 5.82. The van der Waals surface area contributed by atoms with E-state index in [1.54, 1.807) is 6.07 Å². The maximum atomic E-state index is 11.4. The lowest BCUT2D eigenvalue weighted by atomic mass is 10.1. The van der Waals surface area contributed by atoms with Gasteiger partial charge in [0, 0.05) is 0 Å². The molecule has 0 atom stereocenters. The van der Waals surface area contributed by atoms with Crippen molar-refractivity contribution in [1.29, 1.82) is 0 Å². The van der Waals surface area contributed by atoms with Gasteiger partial charge in [-0.2, -0.15) is 0 Å². The Morgan fingerprint density at radius 1 is 0.760 bits per heavy atom. The Hall–Kier alpha value is -3.07. The summed E-state index contributed by atoms with van der Waals surface area (Å²) in [6, 6.07) is 23.4. The average Bonchev–Trinajstić information content (AvgIpc) is 2.67. The number of carbonyl (C=O) groups excluding carboxylic acids is 1. The van der Waals surface area contributed by atoms with Gasteiger partial charge in [-0.15, -0.1) is 0 Å². The van der Waals surface area contributed by atoms with Crippen molar-refractivity contribution in [3.05, 3.63) is 95.1 Å². The molecule has 3 aromatic rings. The Balaban J connectivity index is 1.72. The smallest absolute Gasteiger partial charge is 0.153 e. The summed E-state index contributed by atoms with van der Waals surface area (Å²) in [7, 11) is 0. The van der Waals surface area contributed by atoms with Gasteiger partial charge >= 0.3 is 0 Å². The van der Waals surface area contributed by atoms with Crippen molar-refractivity contribution >= 4 is 6.29 Å². The molecule has 0 unspecified atom stereocenters. The van der Waals surface area contributed by atoms with Crippen molar-refractivity contribution in [2.75, 3.05) is 0 Å². The van der Waals surface area contributed by atoms with Crippen LogP contribution >= 0.6 is 0 Å². The quantitative estimate of drug-likeness (QED) is 0.573. The maximum absolute atomic E-state index is 11.4. The maximum Gasteiger partial charge on any atom is 0.153 e. The molecule has 3 nitrogen and oxygen atoms in total. The van der Waals surface area contributed by atoms with E-state index in [4.69, 9.17) is 9.47 Å². The Morgan fingerprint density at radius 2 is 1.28 bits per heavy atom. The van der Waals surface area contributed by atoms with Crippen LogP contribution < -0.4 is 9.47 Å². The number of aryl methyl sites for hydroxylation is 1. The largest absolute Gasteiger partial charge is 0.489 e. The minimum atomic E-state index is 0.422. The van der Waals surface area contributed by atoms with Crippen LogP contribution in [0.25, 0.3) is 0 Å². The van der Waals surface area contributed by atoms with Crippen molar-refractivity contribution < 1.29 is 14.3 Å². The van der Waals surface area contributed by atoms with E-state index in [0.717, 1.165) is 23.0 Å². The number of benzene rings is 3. The first-order chi connectivity index (χ1) is 12.3. The molecule has 0 heterocycles. The highest BCUT2D eigenvalue weighted by Crippen LogP contribution is 2.28. The predicted molar refractivity (Wildman–Crippen MR) is 98.1 cm³/mol. The third kappa shape index (κ3) is 4.48. The molecule has 0 N–H and O–H groups in total. The third-order valence-electron chi connectivity index (χ3n) is 3.91. The van der Waals surface area contributed by atoms with Gasteiger partial charge in [0.05, 0.1) is 5.56 Å². The summed E-state index contributed by atoms with van der Waals surface area (Å²) >= 11 is 0. The molecular formula is C22H20O3. The molecule has 3 heteroatoms. The summed E-state index contributed by atoms with van der Waals surface area (Å²) < 4.78 is 11.7. The van der Waals surface area contributed by atoms with Crippen LogP contribution in [0, 0.1) is 6.92 Å². The zero-order valence-corrected chi connectivity index (χ0v) is 14.1. The minimum absolute atomic E-state index is 0.422. The van der Waals surface area contributed by atoms with Gasteiger partial charge in [-0.05, 0) is 35.7 Å². The molecule has 3 rings (SSSR count). The average molecular weight is 332 g/mol. The van der Waals surface area contributed by atoms with E-state index in [0.29, 0.717) is 30.3 Å². The lowest BCUT2D eigenvalue weighted by Gasteiger charge is -2.14. The van der Waals surface area contributed by atoms with Gasteiger partial charge in [0.2, 0.25) is 0 Å². The molecular weight excluding hydrogens is 312 g/mol. The lowest BCUT2D eigenvalue weighted by Crippen LogP contribution is -2.02. The molecule has 0 fully saturated rings. The fraction of sp³-hybridized carbons (Fsp3) is 0.136. The van der Waals surface area contributed by atoms with Gasteiger partial charge in [-0.25, -0.2) is 0 Å². The number of hydrogen-bond acceptors (Lipinski definition) is 3. The fourth-order valence-electron chi connectivity index (χ4n) is 2.52. The zero-order valence-electron chi connectivity index (χ0n) is 14.1. The molecule has 0 radical (unpaired) electrons. The Morgan fingerprint density at radius 3 is 1.80 bits per heavy atom. The van der Waals surface area contributed by atoms with E-state index >= 15 is 0 Å². The number of aldehydes is 1. The molecule has 0 saturated heterocycles. The second kappa shape index (κ2) is 8.15. The van der Waals surface area contributed by atoms with Crippen molar-refractivity contribution in [3.63, 3.8) is 0 Å². The number of hydrogen-bond donors (Lipinski definition) is 0. The Kier molecular flexibility index (Phi) is 5.47. The van der Waals surface area contributed by atoms with Crippen LogP contribution in [0.15, 0.2) is 72.8 Å². The van der Waals surface area contributed by atoms with Crippen LogP contribution in [0.3, 0.4) is 0 Å². The Bertz CT molecular complexity index is 827. The van der Waals surface area contributed by atoms with Gasteiger partial charge in [0.1, 0.15) is 24.7 Å². The second-order valence-electron chi connectivity index (χ2n) is 5.82. The summed E-state index contributed by atoms with van der Waals surface area (Å²) in [6.45, 7) is 2.83. The van der Waals surface area contributed by atoms with Gasteiger partial charge in [-0.3, -0.25) is 4.79 Å². The molecule has 0 saturated carbocycles. The first kappa shape index (κ1) is 16.8. The number of carbonyl (C=O) groups is 1. The number of rotatable bonds is 7. The van der Waals surface area contributed by atoms with E-state index in [-0.39, 0.29) is 0 Å². The standard InChI is InChI=1S/C22H20O3/c1-17-12-22(25-16-19-10-6-3-7-11-19)20(14-23)13-21(17)24-15-18-8-4-2-5-9-18/h2-14H,15-16H2,1H3. The normalized spacial score (nSPS) is 10.3. The Labute approximate surface area is 147 Å². The van der Waals surface area contributed by atoms with Crippen LogP contribution in [0.5, 0.6) is 11.5 Å². The van der Waals surface area contributed by atoms with Crippen LogP contribution in [0.4, 0.5) is 0 Å². The fourth-order valence-corrected chi connectivity index (χ4v) is 2.52. The van der Waals surface area contributed by atoms with Crippen molar-refractivity contribution in [3.8, 4) is 11.5 Å². The molecule has 0 bridgehead atoms. The van der Waals surface area contributed by atoms with Crippen LogP contribution in [-0.4, -0.2) is 6.29 Å². The first-order valence-corrected chi connectivity index (χ1v) is 8.19. The van der Waals surface area contributed by atoms with E-state index in [1.165, 1.54) is 0 Å². The molecule has 0 spiro atoms. The third-order valence-corrected chi connectivity index (χ3v) is 3.91. The highest BCUT2D eigenvalue weighted by Gasteiger charge is 2.10. The number of ether oxygens (including phenoxy) is 2. The lowest BCUT2D eigenvalue weighted by molar-refractivity contribution is 0.111. The SMILES string of the molecule is Cc1cc(OCc2ccccc2)c(C=O)cc1OCc1ccccc1. The molecule has 25 heavy (non-hydrogen) atoms. The monoisotopic (exact) mass is 332 g/mol. The summed E-state index contributed by atoms with van der Waals surface area (Å²) in [5, 5.41) is 0. The minimum Gasteiger partial charge on any atom is -0.489 e. The molecule has 0 aliphatic heterocycles. The van der Waals surface area contributed by atoms with Crippen LogP contribution in [0.2, 0.25) is 0 Å². The molecule has 0 aliphatic carbocycles. The summed E-state index contributed by atoms with van der Waals surface area (Å²) in [6.07, 6.45) is 0.801. The van der Waals surface area contributed by atoms with Crippen molar-refractivity contribution in [2.24, 2.45) is 0 Å². The van der Waals surface area contributed by atoms with Gasteiger partial charge in [0.15, 0.2) is 6.29 Å². The first-order valence-electron chi connectivity index (χ1n) is 8.19. The summed E-state index contributed by atoms with van der Waals surface area (Å²) in [5.41, 5.74) is 3.56. The zero-order chi connectivity index (χ0) is 17.5. The van der Waals surface area contributed by atoms with E-state index in [1.807, 2.05) is 73.7 Å². The summed E-state index contributed by atoms with van der Waals surface area (Å²) in [5.74, 6) is 1.27. The van der Waals surface area contributed by atoms with Gasteiger partial charge in [0.25, 0.3) is 0 Å². The topological polar surface area (TPSA) is 35.5 Å². The van der Waals surface area contributed by atoms with E-state index in [2.05, 4.69) is 0 Å². The van der Waals surface area contributed by atoms with E-state index < -0.39 is 0 Å². The molecule has 0 amide bonds. The van der Waals surface area contributed by atoms with Crippen LogP contribution in [-0.2, 0) is 13.2 Å². The highest BCUT2D eigenvalue weighted by molar-refractivity contribution is 5.80. The molecule has 3 aromatic carbocycles. The molecule has 0 aliphatic rings. The van der Waals surface area contributed by atoms with Crippen molar-refractivity contribution in [2.45, 2.75) is 20.1 Å². The highest BCUT2D eigenvalue weighted by atomic mass is 16.5. The van der Waals surface area contributed by atoms with Crippen molar-refractivity contribution in [1.82, 2.24) is 0 Å². The molecule has 0 aromatic heterocycles. The van der Waals surface area contributed by atoms with Gasteiger partial charge in [-0.1, -0.05) is 60.7 Å². The van der Waals surface area contributed by atoms with Gasteiger partial charge < -0.3 is 9.47 Å². The summed E-state index contributed by atoms with van der Waals surface area (Å²) in [4.78, 5) is 11.4.